The van der Waals surface area contributed by atoms with Gasteiger partial charge in [-0.05, 0) is 25.0 Å². The third-order valence-corrected chi connectivity index (χ3v) is 2.98. The van der Waals surface area contributed by atoms with Crippen molar-refractivity contribution in [3.05, 3.63) is 41.5 Å². The Morgan fingerprint density at radius 3 is 2.60 bits per heavy atom. The first-order valence-electron chi connectivity index (χ1n) is 6.72. The van der Waals surface area contributed by atoms with E-state index in [9.17, 15) is 4.39 Å². The van der Waals surface area contributed by atoms with E-state index in [4.69, 9.17) is 0 Å². The topological polar surface area (TPSA) is 49.8 Å². The molecule has 20 heavy (non-hydrogen) atoms. The predicted octanol–water partition coefficient (Wildman–Crippen LogP) is 3.66. The van der Waals surface area contributed by atoms with E-state index in [1.54, 1.807) is 19.2 Å². The molecule has 0 radical (unpaired) electrons. The maximum Gasteiger partial charge on any atom is 0.146 e. The lowest BCUT2D eigenvalue weighted by Crippen LogP contribution is -2.05. The zero-order valence-corrected chi connectivity index (χ0v) is 12.0. The summed E-state index contributed by atoms with van der Waals surface area (Å²) in [6, 6.07) is 6.75. The molecule has 1 aromatic heterocycles. The van der Waals surface area contributed by atoms with Gasteiger partial charge in [0.1, 0.15) is 23.3 Å². The highest BCUT2D eigenvalue weighted by Crippen LogP contribution is 2.23. The van der Waals surface area contributed by atoms with Crippen LogP contribution in [0.25, 0.3) is 0 Å². The summed E-state index contributed by atoms with van der Waals surface area (Å²) < 4.78 is 13.8. The molecular formula is C15H19FN4. The maximum atomic E-state index is 13.8. The highest BCUT2D eigenvalue weighted by Gasteiger charge is 2.08. The van der Waals surface area contributed by atoms with Crippen molar-refractivity contribution in [3.8, 4) is 0 Å². The van der Waals surface area contributed by atoms with Gasteiger partial charge in [-0.3, -0.25) is 0 Å². The average Bonchev–Trinajstić information content (AvgIpc) is 2.43. The Hall–Kier alpha value is -2.17. The fourth-order valence-electron chi connectivity index (χ4n) is 1.94. The van der Waals surface area contributed by atoms with E-state index in [1.807, 2.05) is 13.0 Å². The van der Waals surface area contributed by atoms with Crippen LogP contribution in [0.4, 0.5) is 21.7 Å². The van der Waals surface area contributed by atoms with Crippen molar-refractivity contribution in [1.82, 2.24) is 9.97 Å². The van der Waals surface area contributed by atoms with Crippen molar-refractivity contribution in [2.24, 2.45) is 0 Å². The van der Waals surface area contributed by atoms with E-state index in [0.29, 0.717) is 11.5 Å². The third kappa shape index (κ3) is 3.23. The van der Waals surface area contributed by atoms with Gasteiger partial charge < -0.3 is 10.6 Å². The Labute approximate surface area is 118 Å². The summed E-state index contributed by atoms with van der Waals surface area (Å²) in [4.78, 5) is 8.79. The molecule has 2 rings (SSSR count). The minimum atomic E-state index is -0.285. The fourth-order valence-corrected chi connectivity index (χ4v) is 1.94. The van der Waals surface area contributed by atoms with Gasteiger partial charge >= 0.3 is 0 Å². The zero-order valence-electron chi connectivity index (χ0n) is 12.0. The number of nitrogens with one attached hydrogen (secondary N) is 2. The number of rotatable bonds is 5. The van der Waals surface area contributed by atoms with Crippen LogP contribution >= 0.6 is 0 Å². The number of halogens is 1. The van der Waals surface area contributed by atoms with Gasteiger partial charge in [0.15, 0.2) is 0 Å². The van der Waals surface area contributed by atoms with Gasteiger partial charge in [-0.2, -0.15) is 0 Å². The second kappa shape index (κ2) is 6.32. The molecule has 0 saturated carbocycles. The Bertz CT molecular complexity index is 578. The van der Waals surface area contributed by atoms with Crippen LogP contribution < -0.4 is 10.6 Å². The highest BCUT2D eigenvalue weighted by molar-refractivity contribution is 5.63. The molecule has 0 amide bonds. The average molecular weight is 274 g/mol. The van der Waals surface area contributed by atoms with Crippen LogP contribution in [0.3, 0.4) is 0 Å². The summed E-state index contributed by atoms with van der Waals surface area (Å²) >= 11 is 0. The maximum absolute atomic E-state index is 13.8. The molecule has 1 heterocycles. The van der Waals surface area contributed by atoms with Gasteiger partial charge in [0.05, 0.1) is 5.69 Å². The standard InChI is InChI=1S/C15H19FN4/c1-4-6-12-18-13(17-3)9-14(19-12)20-15-10(2)7-5-8-11(15)16/h5,7-9H,4,6H2,1-3H3,(H2,17,18,19,20). The smallest absolute Gasteiger partial charge is 0.146 e. The first-order valence-corrected chi connectivity index (χ1v) is 6.72. The Kier molecular flexibility index (Phi) is 4.50. The second-order valence-electron chi connectivity index (χ2n) is 4.61. The molecule has 0 aliphatic heterocycles. The lowest BCUT2D eigenvalue weighted by Gasteiger charge is -2.12. The Morgan fingerprint density at radius 2 is 1.95 bits per heavy atom. The van der Waals surface area contributed by atoms with Crippen molar-refractivity contribution < 1.29 is 4.39 Å². The van der Waals surface area contributed by atoms with E-state index in [2.05, 4.69) is 27.5 Å². The molecule has 0 fully saturated rings. The fraction of sp³-hybridized carbons (Fsp3) is 0.333. The number of aryl methyl sites for hydroxylation is 2. The van der Waals surface area contributed by atoms with Gasteiger partial charge in [0.25, 0.3) is 0 Å². The number of aromatic nitrogens is 2. The second-order valence-corrected chi connectivity index (χ2v) is 4.61. The van der Waals surface area contributed by atoms with Crippen LogP contribution in [0.2, 0.25) is 0 Å². The minimum Gasteiger partial charge on any atom is -0.373 e. The van der Waals surface area contributed by atoms with Crippen LogP contribution in [0.5, 0.6) is 0 Å². The van der Waals surface area contributed by atoms with Crippen molar-refractivity contribution in [2.45, 2.75) is 26.7 Å². The third-order valence-electron chi connectivity index (χ3n) is 2.98. The molecule has 0 spiro atoms. The SMILES string of the molecule is CCCc1nc(NC)cc(Nc2c(C)cccc2F)n1. The summed E-state index contributed by atoms with van der Waals surface area (Å²) in [5, 5.41) is 6.04. The van der Waals surface area contributed by atoms with Crippen LogP contribution in [0.1, 0.15) is 24.7 Å². The number of nitrogens with zero attached hydrogens (tertiary/aromatic N) is 2. The molecule has 0 aliphatic carbocycles. The molecule has 2 N–H and O–H groups in total. The van der Waals surface area contributed by atoms with Crippen LogP contribution in [-0.4, -0.2) is 17.0 Å². The lowest BCUT2D eigenvalue weighted by atomic mass is 10.2. The molecule has 0 unspecified atom stereocenters. The summed E-state index contributed by atoms with van der Waals surface area (Å²) in [7, 11) is 1.80. The molecule has 0 atom stereocenters. The summed E-state index contributed by atoms with van der Waals surface area (Å²) in [6.07, 6.45) is 1.76. The summed E-state index contributed by atoms with van der Waals surface area (Å²) in [5.74, 6) is 1.78. The number of para-hydroxylation sites is 1. The number of hydrogen-bond acceptors (Lipinski definition) is 4. The normalized spacial score (nSPS) is 10.4. The largest absolute Gasteiger partial charge is 0.373 e. The predicted molar refractivity (Wildman–Crippen MR) is 80.0 cm³/mol. The monoisotopic (exact) mass is 274 g/mol. The first kappa shape index (κ1) is 14.2. The number of benzene rings is 1. The molecule has 2 aromatic rings. The van der Waals surface area contributed by atoms with E-state index in [1.165, 1.54) is 6.07 Å². The van der Waals surface area contributed by atoms with Gasteiger partial charge in [0.2, 0.25) is 0 Å². The molecular weight excluding hydrogens is 255 g/mol. The minimum absolute atomic E-state index is 0.285. The van der Waals surface area contributed by atoms with Crippen LogP contribution in [0, 0.1) is 12.7 Å². The van der Waals surface area contributed by atoms with Crippen LogP contribution in [-0.2, 0) is 6.42 Å². The quantitative estimate of drug-likeness (QED) is 0.873. The first-order chi connectivity index (χ1) is 9.63. The van der Waals surface area contributed by atoms with E-state index in [-0.39, 0.29) is 5.82 Å². The highest BCUT2D eigenvalue weighted by atomic mass is 19.1. The van der Waals surface area contributed by atoms with Gasteiger partial charge in [-0.1, -0.05) is 19.1 Å². The molecule has 5 heteroatoms. The van der Waals surface area contributed by atoms with Crippen molar-refractivity contribution >= 4 is 17.3 Å². The van der Waals surface area contributed by atoms with E-state index >= 15 is 0 Å². The van der Waals surface area contributed by atoms with E-state index in [0.717, 1.165) is 30.0 Å². The molecule has 4 nitrogen and oxygen atoms in total. The van der Waals surface area contributed by atoms with Crippen LogP contribution in [0.15, 0.2) is 24.3 Å². The van der Waals surface area contributed by atoms with Gasteiger partial charge in [0, 0.05) is 19.5 Å². The van der Waals surface area contributed by atoms with E-state index < -0.39 is 0 Å². The molecule has 0 aliphatic rings. The molecule has 106 valence electrons. The number of hydrogen-bond donors (Lipinski definition) is 2. The zero-order chi connectivity index (χ0) is 14.5. The van der Waals surface area contributed by atoms with Crippen molar-refractivity contribution in [2.75, 3.05) is 17.7 Å². The molecule has 0 saturated heterocycles. The Morgan fingerprint density at radius 1 is 1.20 bits per heavy atom. The molecule has 1 aromatic carbocycles. The number of anilines is 3. The van der Waals surface area contributed by atoms with Crippen molar-refractivity contribution in [3.63, 3.8) is 0 Å². The lowest BCUT2D eigenvalue weighted by molar-refractivity contribution is 0.630. The summed E-state index contributed by atoms with van der Waals surface area (Å²) in [6.45, 7) is 3.93. The summed E-state index contributed by atoms with van der Waals surface area (Å²) in [5.41, 5.74) is 1.29. The molecule has 0 bridgehead atoms. The Balaban J connectivity index is 2.35. The van der Waals surface area contributed by atoms with Crippen molar-refractivity contribution in [1.29, 1.82) is 0 Å². The van der Waals surface area contributed by atoms with Gasteiger partial charge in [-0.25, -0.2) is 14.4 Å². The van der Waals surface area contributed by atoms with Gasteiger partial charge in [-0.15, -0.1) is 0 Å².